The van der Waals surface area contributed by atoms with Crippen LogP contribution in [0.4, 0.5) is 0 Å². The summed E-state index contributed by atoms with van der Waals surface area (Å²) >= 11 is 1.41. The quantitative estimate of drug-likeness (QED) is 0.827. The first-order chi connectivity index (χ1) is 8.36. The van der Waals surface area contributed by atoms with Gasteiger partial charge in [0.25, 0.3) is 0 Å². The molecule has 4 nitrogen and oxygen atoms in total. The third-order valence-electron chi connectivity index (χ3n) is 3.06. The summed E-state index contributed by atoms with van der Waals surface area (Å²) in [5, 5.41) is 3.45. The summed E-state index contributed by atoms with van der Waals surface area (Å²) in [7, 11) is 0. The number of aromatic nitrogens is 2. The number of fused-ring (bicyclic) bond motifs is 1. The van der Waals surface area contributed by atoms with Gasteiger partial charge in [0.1, 0.15) is 10.3 Å². The van der Waals surface area contributed by atoms with Crippen LogP contribution in [0.5, 0.6) is 0 Å². The fourth-order valence-corrected chi connectivity index (χ4v) is 2.98. The lowest BCUT2D eigenvalue weighted by molar-refractivity contribution is 0.112. The monoisotopic (exact) mass is 247 g/mol. The highest BCUT2D eigenvalue weighted by atomic mass is 32.1. The first-order valence-electron chi connectivity index (χ1n) is 5.82. The Hall–Kier alpha value is -1.33. The summed E-state index contributed by atoms with van der Waals surface area (Å²) in [6.45, 7) is 1.05. The number of piperidine rings is 1. The van der Waals surface area contributed by atoms with E-state index in [2.05, 4.69) is 15.3 Å². The van der Waals surface area contributed by atoms with E-state index in [4.69, 9.17) is 0 Å². The predicted molar refractivity (Wildman–Crippen MR) is 67.4 cm³/mol. The maximum absolute atomic E-state index is 10.7. The van der Waals surface area contributed by atoms with Gasteiger partial charge < -0.3 is 5.32 Å². The molecule has 0 saturated carbocycles. The first kappa shape index (κ1) is 10.8. The third kappa shape index (κ3) is 2.08. The Morgan fingerprint density at radius 2 is 2.41 bits per heavy atom. The number of nitrogens with one attached hydrogen (secondary N) is 1. The molecule has 2 aromatic heterocycles. The number of aldehydes is 1. The van der Waals surface area contributed by atoms with Crippen LogP contribution in [-0.4, -0.2) is 22.8 Å². The van der Waals surface area contributed by atoms with E-state index in [1.54, 1.807) is 6.07 Å². The minimum Gasteiger partial charge on any atom is -0.309 e. The fourth-order valence-electron chi connectivity index (χ4n) is 2.17. The van der Waals surface area contributed by atoms with E-state index in [9.17, 15) is 4.79 Å². The second-order valence-corrected chi connectivity index (χ2v) is 5.32. The van der Waals surface area contributed by atoms with Gasteiger partial charge in [0.15, 0.2) is 6.29 Å². The number of carbonyl (C=O) groups is 1. The maximum atomic E-state index is 10.7. The van der Waals surface area contributed by atoms with Crippen LogP contribution < -0.4 is 5.32 Å². The summed E-state index contributed by atoms with van der Waals surface area (Å²) in [5.41, 5.74) is 1.81. The zero-order valence-electron chi connectivity index (χ0n) is 9.35. The minimum absolute atomic E-state index is 0.322. The number of nitrogens with zero attached hydrogens (tertiary/aromatic N) is 2. The van der Waals surface area contributed by atoms with Crippen LogP contribution in [0.15, 0.2) is 12.3 Å². The minimum atomic E-state index is 0.322. The molecule has 5 heteroatoms. The molecule has 1 unspecified atom stereocenters. The molecule has 1 N–H and O–H groups in total. The molecular formula is C12H13N3OS. The Bertz CT molecular complexity index is 546. The van der Waals surface area contributed by atoms with Gasteiger partial charge >= 0.3 is 0 Å². The van der Waals surface area contributed by atoms with E-state index in [1.807, 2.05) is 6.20 Å². The fraction of sp³-hybridized carbons (Fsp3) is 0.417. The van der Waals surface area contributed by atoms with Crippen LogP contribution in [0.2, 0.25) is 0 Å². The molecule has 0 bridgehead atoms. The van der Waals surface area contributed by atoms with E-state index < -0.39 is 0 Å². The lowest BCUT2D eigenvalue weighted by atomic mass is 10.0. The predicted octanol–water partition coefficient (Wildman–Crippen LogP) is 2.32. The summed E-state index contributed by atoms with van der Waals surface area (Å²) in [4.78, 5) is 21.2. The molecule has 2 aromatic rings. The van der Waals surface area contributed by atoms with Gasteiger partial charge in [0.05, 0.1) is 22.8 Å². The molecule has 0 amide bonds. The van der Waals surface area contributed by atoms with Crippen LogP contribution in [0.3, 0.4) is 0 Å². The number of hydrogen-bond donors (Lipinski definition) is 1. The summed E-state index contributed by atoms with van der Waals surface area (Å²) in [6, 6.07) is 2.11. The third-order valence-corrected chi connectivity index (χ3v) is 4.01. The van der Waals surface area contributed by atoms with Crippen LogP contribution in [0.25, 0.3) is 10.3 Å². The van der Waals surface area contributed by atoms with Gasteiger partial charge in [-0.3, -0.25) is 9.78 Å². The van der Waals surface area contributed by atoms with Gasteiger partial charge in [-0.15, -0.1) is 11.3 Å². The number of hydrogen-bond acceptors (Lipinski definition) is 5. The van der Waals surface area contributed by atoms with Crippen molar-refractivity contribution in [2.45, 2.75) is 25.3 Å². The molecule has 88 valence electrons. The summed E-state index contributed by atoms with van der Waals surface area (Å²) in [5.74, 6) is 0. The van der Waals surface area contributed by atoms with E-state index in [1.165, 1.54) is 24.2 Å². The SMILES string of the molecule is O=Cc1cc2ncc(C3CCCCN3)nc2s1. The summed E-state index contributed by atoms with van der Waals surface area (Å²) < 4.78 is 0. The molecule has 0 aromatic carbocycles. The van der Waals surface area contributed by atoms with Crippen molar-refractivity contribution < 1.29 is 4.79 Å². The molecule has 0 radical (unpaired) electrons. The second-order valence-electron chi connectivity index (χ2n) is 4.25. The first-order valence-corrected chi connectivity index (χ1v) is 6.63. The molecule has 0 spiro atoms. The zero-order chi connectivity index (χ0) is 11.7. The van der Waals surface area contributed by atoms with Crippen molar-refractivity contribution in [1.29, 1.82) is 0 Å². The highest BCUT2D eigenvalue weighted by Gasteiger charge is 2.17. The van der Waals surface area contributed by atoms with E-state index in [-0.39, 0.29) is 0 Å². The zero-order valence-corrected chi connectivity index (χ0v) is 10.2. The van der Waals surface area contributed by atoms with Gasteiger partial charge in [-0.25, -0.2) is 4.98 Å². The molecule has 3 rings (SSSR count). The molecule has 17 heavy (non-hydrogen) atoms. The number of rotatable bonds is 2. The van der Waals surface area contributed by atoms with Gasteiger partial charge in [-0.1, -0.05) is 6.42 Å². The van der Waals surface area contributed by atoms with Crippen LogP contribution in [-0.2, 0) is 0 Å². The van der Waals surface area contributed by atoms with Gasteiger partial charge in [0.2, 0.25) is 0 Å². The Kier molecular flexibility index (Phi) is 2.86. The molecule has 1 fully saturated rings. The van der Waals surface area contributed by atoms with E-state index in [0.717, 1.165) is 35.3 Å². The second kappa shape index (κ2) is 4.50. The topological polar surface area (TPSA) is 54.9 Å². The average Bonchev–Trinajstić information content (AvgIpc) is 2.81. The Morgan fingerprint density at radius 1 is 1.47 bits per heavy atom. The molecule has 1 atom stereocenters. The molecule has 1 aliphatic heterocycles. The smallest absolute Gasteiger partial charge is 0.160 e. The lowest BCUT2D eigenvalue weighted by Gasteiger charge is -2.22. The van der Waals surface area contributed by atoms with Crippen molar-refractivity contribution in [2.75, 3.05) is 6.54 Å². The van der Waals surface area contributed by atoms with Crippen molar-refractivity contribution in [3.63, 3.8) is 0 Å². The van der Waals surface area contributed by atoms with Crippen molar-refractivity contribution in [1.82, 2.24) is 15.3 Å². The van der Waals surface area contributed by atoms with Crippen LogP contribution >= 0.6 is 11.3 Å². The Balaban J connectivity index is 1.97. The van der Waals surface area contributed by atoms with Crippen LogP contribution in [0.1, 0.15) is 40.7 Å². The number of carbonyl (C=O) groups excluding carboxylic acids is 1. The molecule has 3 heterocycles. The highest BCUT2D eigenvalue weighted by Crippen LogP contribution is 2.25. The van der Waals surface area contributed by atoms with Crippen molar-refractivity contribution >= 4 is 28.0 Å². The molecule has 0 aliphatic carbocycles. The largest absolute Gasteiger partial charge is 0.309 e. The molecule has 1 aliphatic rings. The average molecular weight is 247 g/mol. The van der Waals surface area contributed by atoms with E-state index >= 15 is 0 Å². The standard InChI is InChI=1S/C12H13N3OS/c16-7-8-5-10-12(17-8)15-11(6-14-10)9-3-1-2-4-13-9/h5-7,9,13H,1-4H2. The summed E-state index contributed by atoms with van der Waals surface area (Å²) in [6.07, 6.45) is 6.27. The van der Waals surface area contributed by atoms with Gasteiger partial charge in [-0.2, -0.15) is 0 Å². The van der Waals surface area contributed by atoms with Crippen LogP contribution in [0, 0.1) is 0 Å². The van der Waals surface area contributed by atoms with E-state index in [0.29, 0.717) is 10.9 Å². The normalized spacial score (nSPS) is 20.6. The maximum Gasteiger partial charge on any atom is 0.160 e. The lowest BCUT2D eigenvalue weighted by Crippen LogP contribution is -2.27. The van der Waals surface area contributed by atoms with Crippen molar-refractivity contribution in [3.8, 4) is 0 Å². The van der Waals surface area contributed by atoms with Crippen molar-refractivity contribution in [3.05, 3.63) is 22.8 Å². The van der Waals surface area contributed by atoms with Crippen molar-refractivity contribution in [2.24, 2.45) is 0 Å². The Labute approximate surface area is 103 Å². The van der Waals surface area contributed by atoms with Gasteiger partial charge in [0, 0.05) is 0 Å². The van der Waals surface area contributed by atoms with Gasteiger partial charge in [-0.05, 0) is 25.5 Å². The molecular weight excluding hydrogens is 234 g/mol. The Morgan fingerprint density at radius 3 is 3.18 bits per heavy atom. The highest BCUT2D eigenvalue weighted by molar-refractivity contribution is 7.20. The number of thiophene rings is 1. The molecule has 1 saturated heterocycles.